The molecule has 48 heavy (non-hydrogen) atoms. The van der Waals surface area contributed by atoms with Gasteiger partial charge < -0.3 is 18.9 Å². The summed E-state index contributed by atoms with van der Waals surface area (Å²) < 4.78 is 24.2. The molecule has 5 rings (SSSR count). The molecule has 0 atom stereocenters. The second kappa shape index (κ2) is 19.0. The van der Waals surface area contributed by atoms with Crippen LogP contribution in [0.15, 0.2) is 72.8 Å². The van der Waals surface area contributed by atoms with Crippen molar-refractivity contribution in [3.8, 4) is 22.9 Å². The fourth-order valence-electron chi connectivity index (χ4n) is 3.98. The maximum absolute atomic E-state index is 12.1. The highest BCUT2D eigenvalue weighted by Crippen LogP contribution is 2.35. The topological polar surface area (TPSA) is 93.8 Å². The van der Waals surface area contributed by atoms with E-state index in [1.165, 1.54) is 9.25 Å². The number of ether oxygens (including phenoxy) is 4. The average molecular weight is 680 g/mol. The van der Waals surface area contributed by atoms with E-state index in [9.17, 15) is 9.59 Å². The van der Waals surface area contributed by atoms with Crippen molar-refractivity contribution < 1.29 is 28.5 Å². The summed E-state index contributed by atoms with van der Waals surface area (Å²) in [5, 5.41) is 5.98. The van der Waals surface area contributed by atoms with Gasteiger partial charge in [-0.15, -0.1) is 11.6 Å². The lowest BCUT2D eigenvalue weighted by Crippen LogP contribution is -2.15. The van der Waals surface area contributed by atoms with E-state index in [0.29, 0.717) is 64.8 Å². The molecule has 0 radical (unpaired) electrons. The first-order valence-corrected chi connectivity index (χ1v) is 16.4. The van der Waals surface area contributed by atoms with Gasteiger partial charge in [-0.2, -0.15) is 5.10 Å². The van der Waals surface area contributed by atoms with Gasteiger partial charge in [-0.3, -0.25) is 14.2 Å². The largest absolute Gasteiger partial charge is 0.492 e. The van der Waals surface area contributed by atoms with Gasteiger partial charge in [0.2, 0.25) is 12.8 Å². The van der Waals surface area contributed by atoms with Crippen molar-refractivity contribution in [1.29, 1.82) is 0 Å². The van der Waals surface area contributed by atoms with Crippen molar-refractivity contribution in [3.05, 3.63) is 78.4 Å². The van der Waals surface area contributed by atoms with Gasteiger partial charge in [0.05, 0.1) is 33.8 Å². The molecule has 0 amide bonds. The lowest BCUT2D eigenvalue weighted by molar-refractivity contribution is 0.0394. The predicted octanol–water partition coefficient (Wildman–Crippen LogP) is 8.82. The molecule has 2 heterocycles. The summed E-state index contributed by atoms with van der Waals surface area (Å²) in [6, 6.07) is 22.6. The number of carbonyl (C=O) groups is 2. The van der Waals surface area contributed by atoms with Crippen molar-refractivity contribution in [2.75, 3.05) is 26.7 Å². The maximum atomic E-state index is 12.1. The van der Waals surface area contributed by atoms with Crippen LogP contribution in [0.2, 0.25) is 0 Å². The van der Waals surface area contributed by atoms with Gasteiger partial charge in [0.15, 0.2) is 0 Å². The van der Waals surface area contributed by atoms with Gasteiger partial charge >= 0.3 is 0 Å². The third-order valence-corrected chi connectivity index (χ3v) is 6.91. The molecule has 0 spiro atoms. The Morgan fingerprint density at radius 2 is 1.31 bits per heavy atom. The van der Waals surface area contributed by atoms with Crippen molar-refractivity contribution in [3.63, 3.8) is 0 Å². The number of hydrogen-bond acceptors (Lipinski definition) is 7. The van der Waals surface area contributed by atoms with Crippen molar-refractivity contribution in [1.82, 2.24) is 14.3 Å². The first-order valence-electron chi connectivity index (χ1n) is 15.9. The Morgan fingerprint density at radius 1 is 0.750 bits per heavy atom. The monoisotopic (exact) mass is 679 g/mol. The highest BCUT2D eigenvalue weighted by Gasteiger charge is 2.19. The van der Waals surface area contributed by atoms with Gasteiger partial charge in [-0.25, -0.2) is 4.68 Å². The van der Waals surface area contributed by atoms with E-state index in [-0.39, 0.29) is 11.2 Å². The molecule has 0 saturated carbocycles. The number of aromatic nitrogens is 3. The maximum Gasteiger partial charge on any atom is 0.234 e. The van der Waals surface area contributed by atoms with Crippen LogP contribution in [0.25, 0.3) is 33.2 Å². The summed E-state index contributed by atoms with van der Waals surface area (Å²) in [7, 11) is 3.42. The molecule has 260 valence electrons. The summed E-state index contributed by atoms with van der Waals surface area (Å²) in [4.78, 5) is 23.8. The summed E-state index contributed by atoms with van der Waals surface area (Å²) in [5.74, 6) is 1.67. The second-order valence-electron chi connectivity index (χ2n) is 12.2. The molecule has 5 aromatic rings. The number of hydrogen-bond donors (Lipinski definition) is 0. The van der Waals surface area contributed by atoms with Crippen molar-refractivity contribution >= 4 is 46.2 Å². The third kappa shape index (κ3) is 11.8. The number of rotatable bonds is 9. The average Bonchev–Trinajstić information content (AvgIpc) is 3.64. The molecular weight excluding hydrogens is 630 g/mol. The van der Waals surface area contributed by atoms with Gasteiger partial charge in [0, 0.05) is 25.0 Å². The molecule has 2 aromatic heterocycles. The molecule has 0 aliphatic carbocycles. The van der Waals surface area contributed by atoms with Crippen LogP contribution in [0.3, 0.4) is 0 Å². The highest BCUT2D eigenvalue weighted by molar-refractivity contribution is 6.18. The van der Waals surface area contributed by atoms with Gasteiger partial charge in [0.1, 0.15) is 30.4 Å². The molecule has 0 N–H and O–H groups in total. The number of carbonyl (C=O) groups excluding carboxylic acids is 2. The second-order valence-corrected chi connectivity index (χ2v) is 12.6. The Kier molecular flexibility index (Phi) is 15.8. The molecule has 3 aromatic carbocycles. The summed E-state index contributed by atoms with van der Waals surface area (Å²) in [6.07, 6.45) is 1.38. The zero-order valence-corrected chi connectivity index (χ0v) is 30.6. The number of benzene rings is 3. The normalized spacial score (nSPS) is 11.0. The SMILES string of the molecule is CC.COC(C)(C)C.COC(C)(C)C.O=Cn1nc(-c2cc3cc(OCCCl)ccc3n2C=O)c2cc(OCc3ccccc3)ccc21. The molecule has 0 bridgehead atoms. The van der Waals surface area contributed by atoms with Crippen LogP contribution < -0.4 is 9.47 Å². The minimum absolute atomic E-state index is 0.0417. The molecule has 0 fully saturated rings. The van der Waals surface area contributed by atoms with Crippen LogP contribution in [0.1, 0.15) is 61.0 Å². The molecule has 0 saturated heterocycles. The van der Waals surface area contributed by atoms with E-state index in [0.717, 1.165) is 17.4 Å². The van der Waals surface area contributed by atoms with Crippen LogP contribution in [-0.4, -0.2) is 65.1 Å². The Labute approximate surface area is 289 Å². The third-order valence-electron chi connectivity index (χ3n) is 6.75. The first-order chi connectivity index (χ1) is 22.8. The van der Waals surface area contributed by atoms with Crippen LogP contribution in [-0.2, 0) is 25.7 Å². The predicted molar refractivity (Wildman–Crippen MR) is 197 cm³/mol. The van der Waals surface area contributed by atoms with E-state index in [2.05, 4.69) is 5.10 Å². The Balaban J connectivity index is 0.000000486. The first kappa shape index (κ1) is 40.0. The van der Waals surface area contributed by atoms with E-state index in [1.807, 2.05) is 110 Å². The van der Waals surface area contributed by atoms with Crippen LogP contribution in [0, 0.1) is 0 Å². The van der Waals surface area contributed by atoms with E-state index < -0.39 is 0 Å². The zero-order chi connectivity index (χ0) is 35.9. The lowest BCUT2D eigenvalue weighted by atomic mass is 10.1. The van der Waals surface area contributed by atoms with Gasteiger partial charge in [0.25, 0.3) is 0 Å². The van der Waals surface area contributed by atoms with Crippen molar-refractivity contribution in [2.45, 2.75) is 73.2 Å². The fourth-order valence-corrected chi connectivity index (χ4v) is 4.05. The number of halogens is 1. The molecule has 0 aliphatic rings. The molecular formula is C38H50ClN3O6. The van der Waals surface area contributed by atoms with E-state index >= 15 is 0 Å². The number of nitrogens with zero attached hydrogens (tertiary/aromatic N) is 3. The number of methoxy groups -OCH3 is 2. The zero-order valence-electron chi connectivity index (χ0n) is 29.9. The smallest absolute Gasteiger partial charge is 0.234 e. The Hall–Kier alpha value is -4.18. The molecule has 0 aliphatic heterocycles. The number of alkyl halides is 1. The minimum Gasteiger partial charge on any atom is -0.492 e. The van der Waals surface area contributed by atoms with Crippen LogP contribution in [0.4, 0.5) is 0 Å². The van der Waals surface area contributed by atoms with Gasteiger partial charge in [-0.1, -0.05) is 44.2 Å². The Bertz CT molecular complexity index is 1700. The molecule has 0 unspecified atom stereocenters. The summed E-state index contributed by atoms with van der Waals surface area (Å²) in [6.45, 7) is 16.9. The van der Waals surface area contributed by atoms with E-state index in [1.54, 1.807) is 32.4 Å². The van der Waals surface area contributed by atoms with E-state index in [4.69, 9.17) is 30.5 Å². The number of fused-ring (bicyclic) bond motifs is 2. The highest BCUT2D eigenvalue weighted by atomic mass is 35.5. The quantitative estimate of drug-likeness (QED) is 0.114. The summed E-state index contributed by atoms with van der Waals surface area (Å²) in [5.41, 5.74) is 3.50. The molecule has 10 heteroatoms. The standard InChI is InChI=1S/C26H20ClN3O4.2C5H12O.C2H6/c27-10-11-33-20-6-8-23-19(12-20)13-25(29(23)16-31)26-22-14-21(7-9-24(22)30(17-32)28-26)34-15-18-4-2-1-3-5-18;2*1-5(2,3)6-4;1-2/h1-9,12-14,16-17H,10-11,15H2;2*1-4H3;1-2H3. The summed E-state index contributed by atoms with van der Waals surface area (Å²) >= 11 is 5.72. The van der Waals surface area contributed by atoms with Crippen LogP contribution in [0.5, 0.6) is 11.5 Å². The Morgan fingerprint density at radius 3 is 1.83 bits per heavy atom. The fraction of sp³-hybridized carbons (Fsp3) is 0.395. The van der Waals surface area contributed by atoms with Crippen LogP contribution >= 0.6 is 11.6 Å². The molecule has 9 nitrogen and oxygen atoms in total. The minimum atomic E-state index is 0.0417. The van der Waals surface area contributed by atoms with Crippen molar-refractivity contribution in [2.24, 2.45) is 0 Å². The lowest BCUT2D eigenvalue weighted by Gasteiger charge is -2.14. The van der Waals surface area contributed by atoms with Gasteiger partial charge in [-0.05, 0) is 89.6 Å².